The number of ether oxygens (including phenoxy) is 3. The highest BCUT2D eigenvalue weighted by Gasteiger charge is 2.32. The van der Waals surface area contributed by atoms with Gasteiger partial charge in [0, 0.05) is 6.54 Å². The summed E-state index contributed by atoms with van der Waals surface area (Å²) < 4.78 is 15.4. The summed E-state index contributed by atoms with van der Waals surface area (Å²) in [6, 6.07) is 4.87. The Morgan fingerprint density at radius 3 is 2.54 bits per heavy atom. The number of carbonyl (C=O) groups is 3. The molecule has 0 spiro atoms. The van der Waals surface area contributed by atoms with E-state index in [1.165, 1.54) is 0 Å². The molecule has 2 rings (SSSR count). The van der Waals surface area contributed by atoms with Crippen molar-refractivity contribution in [3.05, 3.63) is 29.3 Å². The average molecular weight is 363 g/mol. The molecular weight excluding hydrogens is 338 g/mol. The second kappa shape index (κ2) is 8.69. The van der Waals surface area contributed by atoms with Crippen molar-refractivity contribution in [3.8, 4) is 5.75 Å². The maximum absolute atomic E-state index is 11.7. The normalized spacial score (nSPS) is 13.2. The number of hydrogen-bond acceptors (Lipinski definition) is 6. The van der Waals surface area contributed by atoms with Gasteiger partial charge in [0.05, 0.1) is 12.2 Å². The van der Waals surface area contributed by atoms with Crippen LogP contribution in [0.5, 0.6) is 5.75 Å². The maximum atomic E-state index is 11.7. The van der Waals surface area contributed by atoms with Crippen molar-refractivity contribution in [3.63, 3.8) is 0 Å². The van der Waals surface area contributed by atoms with Gasteiger partial charge in [0.1, 0.15) is 16.9 Å². The van der Waals surface area contributed by atoms with Crippen LogP contribution in [0.25, 0.3) is 0 Å². The fraction of sp³-hybridized carbons (Fsp3) is 0.526. The van der Waals surface area contributed by atoms with E-state index in [9.17, 15) is 14.4 Å². The third-order valence-electron chi connectivity index (χ3n) is 3.63. The molecule has 0 fully saturated rings. The molecule has 1 N–H and O–H groups in total. The molecule has 1 amide bonds. The van der Waals surface area contributed by atoms with Gasteiger partial charge in [0.2, 0.25) is 0 Å². The third kappa shape index (κ3) is 5.75. The number of fused-ring (bicyclic) bond motifs is 1. The van der Waals surface area contributed by atoms with Crippen molar-refractivity contribution in [2.45, 2.75) is 52.1 Å². The molecule has 0 saturated heterocycles. The van der Waals surface area contributed by atoms with Crippen LogP contribution in [-0.4, -0.2) is 36.8 Å². The number of esters is 2. The number of alkyl carbamates (subject to hydrolysis) is 1. The highest BCUT2D eigenvalue weighted by Crippen LogP contribution is 2.29. The van der Waals surface area contributed by atoms with Crippen LogP contribution < -0.4 is 10.1 Å². The summed E-state index contributed by atoms with van der Waals surface area (Å²) in [5, 5.41) is 2.72. The van der Waals surface area contributed by atoms with Gasteiger partial charge < -0.3 is 19.5 Å². The first-order chi connectivity index (χ1) is 12.3. The molecule has 0 aliphatic carbocycles. The lowest BCUT2D eigenvalue weighted by Gasteiger charge is -2.19. The second-order valence-corrected chi connectivity index (χ2v) is 7.05. The minimum absolute atomic E-state index is 0.207. The van der Waals surface area contributed by atoms with Gasteiger partial charge in [0.25, 0.3) is 0 Å². The van der Waals surface area contributed by atoms with Crippen molar-refractivity contribution < 1.29 is 28.6 Å². The van der Waals surface area contributed by atoms with Crippen LogP contribution in [0.1, 0.15) is 67.2 Å². The summed E-state index contributed by atoms with van der Waals surface area (Å²) in [7, 11) is 0. The van der Waals surface area contributed by atoms with Crippen molar-refractivity contribution in [2.24, 2.45) is 0 Å². The molecule has 7 nitrogen and oxygen atoms in total. The number of carbonyl (C=O) groups excluding carboxylic acids is 3. The van der Waals surface area contributed by atoms with E-state index in [2.05, 4.69) is 10.1 Å². The predicted molar refractivity (Wildman–Crippen MR) is 94.4 cm³/mol. The average Bonchev–Trinajstić information content (AvgIpc) is 2.83. The smallest absolute Gasteiger partial charge is 0.407 e. The number of unbranched alkanes of at least 4 members (excludes halogenated alkanes) is 3. The molecule has 7 heteroatoms. The van der Waals surface area contributed by atoms with Gasteiger partial charge in [-0.3, -0.25) is 0 Å². The number of cyclic esters (lactones) is 2. The van der Waals surface area contributed by atoms with Crippen molar-refractivity contribution >= 4 is 18.0 Å². The highest BCUT2D eigenvalue weighted by molar-refractivity contribution is 6.16. The molecule has 0 atom stereocenters. The van der Waals surface area contributed by atoms with Gasteiger partial charge in [-0.25, -0.2) is 14.4 Å². The summed E-state index contributed by atoms with van der Waals surface area (Å²) in [4.78, 5) is 34.6. The number of rotatable bonds is 8. The molecule has 1 aliphatic heterocycles. The molecular formula is C19H25NO6. The van der Waals surface area contributed by atoms with E-state index in [0.717, 1.165) is 25.7 Å². The van der Waals surface area contributed by atoms with Crippen LogP contribution in [0, 0.1) is 0 Å². The predicted octanol–water partition coefficient (Wildman–Crippen LogP) is 3.46. The summed E-state index contributed by atoms with van der Waals surface area (Å²) in [6.07, 6.45) is 3.11. The van der Waals surface area contributed by atoms with E-state index >= 15 is 0 Å². The van der Waals surface area contributed by atoms with Crippen LogP contribution >= 0.6 is 0 Å². The first-order valence-corrected chi connectivity index (χ1v) is 8.77. The zero-order valence-electron chi connectivity index (χ0n) is 15.4. The highest BCUT2D eigenvalue weighted by atomic mass is 16.6. The van der Waals surface area contributed by atoms with E-state index in [4.69, 9.17) is 9.47 Å². The van der Waals surface area contributed by atoms with E-state index in [1.54, 1.807) is 18.2 Å². The lowest BCUT2D eigenvalue weighted by Crippen LogP contribution is -2.32. The van der Waals surface area contributed by atoms with Crippen molar-refractivity contribution in [1.29, 1.82) is 0 Å². The molecule has 1 heterocycles. The second-order valence-electron chi connectivity index (χ2n) is 7.05. The first-order valence-electron chi connectivity index (χ1n) is 8.77. The van der Waals surface area contributed by atoms with E-state index in [-0.39, 0.29) is 11.1 Å². The Morgan fingerprint density at radius 2 is 1.81 bits per heavy atom. The molecule has 142 valence electrons. The van der Waals surface area contributed by atoms with Crippen LogP contribution in [0.2, 0.25) is 0 Å². The fourth-order valence-corrected chi connectivity index (χ4v) is 2.49. The third-order valence-corrected chi connectivity index (χ3v) is 3.63. The molecule has 1 aromatic carbocycles. The van der Waals surface area contributed by atoms with E-state index in [1.807, 2.05) is 20.8 Å². The number of hydrogen-bond donors (Lipinski definition) is 1. The Balaban J connectivity index is 1.60. The van der Waals surface area contributed by atoms with Crippen LogP contribution in [0.15, 0.2) is 18.2 Å². The number of nitrogens with one attached hydrogen (secondary N) is 1. The zero-order chi connectivity index (χ0) is 19.2. The van der Waals surface area contributed by atoms with E-state index in [0.29, 0.717) is 18.9 Å². The Hall–Kier alpha value is -2.57. The first kappa shape index (κ1) is 19.8. The largest absolute Gasteiger partial charge is 0.493 e. The maximum Gasteiger partial charge on any atom is 0.407 e. The van der Waals surface area contributed by atoms with E-state index < -0.39 is 23.6 Å². The lowest BCUT2D eigenvalue weighted by molar-refractivity contribution is 0.0440. The SMILES string of the molecule is CC(C)(C)OC(=O)NCCCCCCOc1cccc2c1C(=O)OC2=O. The van der Waals surface area contributed by atoms with Gasteiger partial charge in [-0.1, -0.05) is 18.9 Å². The monoisotopic (exact) mass is 363 g/mol. The Kier molecular flexibility index (Phi) is 6.60. The minimum atomic E-state index is -0.659. The molecule has 1 aromatic rings. The lowest BCUT2D eigenvalue weighted by atomic mass is 10.1. The topological polar surface area (TPSA) is 90.9 Å². The van der Waals surface area contributed by atoms with Gasteiger partial charge in [-0.05, 0) is 45.7 Å². The van der Waals surface area contributed by atoms with Crippen LogP contribution in [0.3, 0.4) is 0 Å². The zero-order valence-corrected chi connectivity index (χ0v) is 15.4. The fourth-order valence-electron chi connectivity index (χ4n) is 2.49. The Labute approximate surface area is 153 Å². The number of benzene rings is 1. The van der Waals surface area contributed by atoms with Gasteiger partial charge in [-0.15, -0.1) is 0 Å². The van der Waals surface area contributed by atoms with Crippen LogP contribution in [0.4, 0.5) is 4.79 Å². The quantitative estimate of drug-likeness (QED) is 0.432. The van der Waals surface area contributed by atoms with Gasteiger partial charge in [0.15, 0.2) is 0 Å². The summed E-state index contributed by atoms with van der Waals surface area (Å²) >= 11 is 0. The molecule has 26 heavy (non-hydrogen) atoms. The molecule has 0 saturated carbocycles. The Bertz CT molecular complexity index is 677. The van der Waals surface area contributed by atoms with Crippen molar-refractivity contribution in [2.75, 3.05) is 13.2 Å². The molecule has 0 bridgehead atoms. The van der Waals surface area contributed by atoms with Crippen molar-refractivity contribution in [1.82, 2.24) is 5.32 Å². The molecule has 0 aromatic heterocycles. The van der Waals surface area contributed by atoms with Gasteiger partial charge in [-0.2, -0.15) is 0 Å². The molecule has 0 radical (unpaired) electrons. The summed E-state index contributed by atoms with van der Waals surface area (Å²) in [5.41, 5.74) is -0.0319. The summed E-state index contributed by atoms with van der Waals surface area (Å²) in [6.45, 7) is 6.48. The Morgan fingerprint density at radius 1 is 1.08 bits per heavy atom. The summed E-state index contributed by atoms with van der Waals surface area (Å²) in [5.74, 6) is -0.910. The standard InChI is InChI=1S/C19H25NO6/c1-19(2,3)26-18(23)20-11-6-4-5-7-12-24-14-10-8-9-13-15(14)17(22)25-16(13)21/h8-10H,4-7,11-12H2,1-3H3,(H,20,23). The molecule has 1 aliphatic rings. The molecule has 0 unspecified atom stereocenters. The van der Waals surface area contributed by atoms with Gasteiger partial charge >= 0.3 is 18.0 Å². The number of amides is 1. The minimum Gasteiger partial charge on any atom is -0.493 e. The van der Waals surface area contributed by atoms with Crippen LogP contribution in [-0.2, 0) is 9.47 Å².